The summed E-state index contributed by atoms with van der Waals surface area (Å²) in [6.07, 6.45) is -15.4. The van der Waals surface area contributed by atoms with Gasteiger partial charge in [-0.1, -0.05) is 0 Å². The SMILES string of the molecule is CO[C@H]1OC(C)[C@@H](O[C@@H]2OC(OC=O)[C@@H](O[C@H]3OC(C)[C@@H](OC)CC3N)[C@H](O)C2OS(=O)(=O)O)[C@H](O)C1N. The largest absolute Gasteiger partial charge is 0.435 e. The lowest BCUT2D eigenvalue weighted by molar-refractivity contribution is -0.382. The van der Waals surface area contributed by atoms with Crippen molar-refractivity contribution in [3.05, 3.63) is 0 Å². The topological polar surface area (TPSA) is 247 Å². The fraction of sp³-hybridized carbons (Fsp3) is 0.950. The molecule has 0 aliphatic carbocycles. The number of carbonyl (C=O) groups is 1. The van der Waals surface area contributed by atoms with E-state index >= 15 is 0 Å². The molecule has 0 saturated carbocycles. The predicted octanol–water partition coefficient (Wildman–Crippen LogP) is -3.28. The number of aliphatic hydroxyl groups excluding tert-OH is 2. The van der Waals surface area contributed by atoms with Gasteiger partial charge in [0.25, 0.3) is 6.47 Å². The molecule has 0 spiro atoms. The maximum Gasteiger partial charge on any atom is 0.397 e. The summed E-state index contributed by atoms with van der Waals surface area (Å²) in [7, 11) is -2.39. The van der Waals surface area contributed by atoms with Crippen LogP contribution in [-0.4, -0.2) is 130 Å². The number of ether oxygens (including phenoxy) is 8. The molecule has 17 nitrogen and oxygen atoms in total. The molecule has 222 valence electrons. The summed E-state index contributed by atoms with van der Waals surface area (Å²) in [4.78, 5) is 11.2. The number of methoxy groups -OCH3 is 2. The van der Waals surface area contributed by atoms with Crippen LogP contribution in [0.2, 0.25) is 0 Å². The van der Waals surface area contributed by atoms with Gasteiger partial charge < -0.3 is 59.6 Å². The molecule has 3 rings (SSSR count). The van der Waals surface area contributed by atoms with Crippen LogP contribution in [0.3, 0.4) is 0 Å². The van der Waals surface area contributed by atoms with E-state index in [9.17, 15) is 28.0 Å². The monoisotopic (exact) mass is 576 g/mol. The van der Waals surface area contributed by atoms with E-state index < -0.39 is 90.4 Å². The van der Waals surface area contributed by atoms with Gasteiger partial charge in [0.05, 0.1) is 30.4 Å². The van der Waals surface area contributed by atoms with Crippen LogP contribution in [0.15, 0.2) is 0 Å². The Morgan fingerprint density at radius 1 is 0.842 bits per heavy atom. The molecule has 3 fully saturated rings. The second-order valence-electron chi connectivity index (χ2n) is 9.18. The van der Waals surface area contributed by atoms with Gasteiger partial charge in [0.2, 0.25) is 6.29 Å². The van der Waals surface area contributed by atoms with Crippen molar-refractivity contribution < 1.29 is 70.1 Å². The van der Waals surface area contributed by atoms with Crippen LogP contribution in [0, 0.1) is 0 Å². The fourth-order valence-corrected chi connectivity index (χ4v) is 5.09. The molecule has 7 N–H and O–H groups in total. The number of carbonyl (C=O) groups excluding carboxylic acids is 1. The molecule has 18 heteroatoms. The second-order valence-corrected chi connectivity index (χ2v) is 10.2. The summed E-state index contributed by atoms with van der Waals surface area (Å²) in [5.41, 5.74) is 12.1. The van der Waals surface area contributed by atoms with E-state index in [2.05, 4.69) is 4.18 Å². The van der Waals surface area contributed by atoms with Crippen LogP contribution in [0.25, 0.3) is 0 Å². The molecule has 3 aliphatic heterocycles. The highest BCUT2D eigenvalue weighted by molar-refractivity contribution is 7.80. The van der Waals surface area contributed by atoms with Crippen molar-refractivity contribution in [2.24, 2.45) is 11.5 Å². The van der Waals surface area contributed by atoms with Gasteiger partial charge in [-0.15, -0.1) is 0 Å². The second kappa shape index (κ2) is 13.0. The van der Waals surface area contributed by atoms with Gasteiger partial charge in [0, 0.05) is 14.2 Å². The number of hydrogen-bond acceptors (Lipinski definition) is 16. The van der Waals surface area contributed by atoms with Gasteiger partial charge >= 0.3 is 10.4 Å². The van der Waals surface area contributed by atoms with Gasteiger partial charge in [-0.3, -0.25) is 9.35 Å². The number of hydrogen-bond donors (Lipinski definition) is 5. The van der Waals surface area contributed by atoms with Crippen molar-refractivity contribution in [3.63, 3.8) is 0 Å². The van der Waals surface area contributed by atoms with Crippen LogP contribution in [0.5, 0.6) is 0 Å². The third-order valence-corrected chi connectivity index (χ3v) is 7.07. The summed E-state index contributed by atoms with van der Waals surface area (Å²) < 4.78 is 80.9. The zero-order valence-electron chi connectivity index (χ0n) is 21.2. The average Bonchev–Trinajstić information content (AvgIpc) is 2.84. The Morgan fingerprint density at radius 3 is 2.05 bits per heavy atom. The normalized spacial score (nSPS) is 46.4. The lowest BCUT2D eigenvalue weighted by atomic mass is 9.97. The van der Waals surface area contributed by atoms with E-state index in [4.69, 9.17) is 49.4 Å². The molecule has 0 aromatic carbocycles. The number of rotatable bonds is 10. The van der Waals surface area contributed by atoms with Crippen molar-refractivity contribution in [1.82, 2.24) is 0 Å². The Labute approximate surface area is 219 Å². The summed E-state index contributed by atoms with van der Waals surface area (Å²) in [6, 6.07) is -1.85. The van der Waals surface area contributed by atoms with Crippen molar-refractivity contribution in [2.75, 3.05) is 14.2 Å². The number of nitrogens with two attached hydrogens (primary N) is 2. The first-order chi connectivity index (χ1) is 17.8. The summed E-state index contributed by atoms with van der Waals surface area (Å²) in [5, 5.41) is 21.8. The van der Waals surface area contributed by atoms with Crippen LogP contribution in [-0.2, 0) is 57.3 Å². The van der Waals surface area contributed by atoms with Crippen molar-refractivity contribution in [3.8, 4) is 0 Å². The Kier molecular flexibility index (Phi) is 10.8. The molecule has 6 unspecified atom stereocenters. The standard InChI is InChI=1S/C20H36N2O15S/c1-7-10(29-3)5-9(21)17(32-7)35-15-13(25)16(37-38(26,27)28)20(36-19(15)31-6-23)34-14-8(2)33-18(30-4)11(22)12(14)24/h6-20,24-25H,5,21-22H2,1-4H3,(H,26,27,28)/t7?,8?,9?,10-,11?,12+,13-,14+,15-,16?,17+,18-,19?,20+/m0/s1. The van der Waals surface area contributed by atoms with Crippen LogP contribution in [0.1, 0.15) is 20.3 Å². The Bertz CT molecular complexity index is 882. The van der Waals surface area contributed by atoms with Crippen molar-refractivity contribution in [1.29, 1.82) is 0 Å². The third kappa shape index (κ3) is 7.15. The Morgan fingerprint density at radius 2 is 1.47 bits per heavy atom. The van der Waals surface area contributed by atoms with E-state index in [0.29, 0.717) is 6.42 Å². The molecule has 0 radical (unpaired) electrons. The summed E-state index contributed by atoms with van der Waals surface area (Å²) in [5.74, 6) is 0. The van der Waals surface area contributed by atoms with Crippen molar-refractivity contribution >= 4 is 16.9 Å². The fourth-order valence-electron chi connectivity index (χ4n) is 4.60. The minimum atomic E-state index is -5.19. The molecular formula is C20H36N2O15S. The zero-order chi connectivity index (χ0) is 28.4. The molecule has 38 heavy (non-hydrogen) atoms. The lowest BCUT2D eigenvalue weighted by Crippen LogP contribution is -2.66. The highest BCUT2D eigenvalue weighted by Crippen LogP contribution is 2.34. The van der Waals surface area contributed by atoms with Crippen LogP contribution in [0.4, 0.5) is 0 Å². The summed E-state index contributed by atoms with van der Waals surface area (Å²) >= 11 is 0. The highest BCUT2D eigenvalue weighted by Gasteiger charge is 2.54. The maximum atomic E-state index is 11.6. The van der Waals surface area contributed by atoms with Gasteiger partial charge in [-0.25, -0.2) is 4.18 Å². The average molecular weight is 577 g/mol. The van der Waals surface area contributed by atoms with Gasteiger partial charge in [0.1, 0.15) is 18.3 Å². The first-order valence-corrected chi connectivity index (χ1v) is 13.1. The molecule has 0 amide bonds. The van der Waals surface area contributed by atoms with Gasteiger partial charge in [-0.2, -0.15) is 8.42 Å². The third-order valence-electron chi connectivity index (χ3n) is 6.60. The first kappa shape index (κ1) is 31.4. The summed E-state index contributed by atoms with van der Waals surface area (Å²) in [6.45, 7) is 3.21. The van der Waals surface area contributed by atoms with Crippen LogP contribution >= 0.6 is 0 Å². The number of aliphatic hydroxyl groups is 2. The smallest absolute Gasteiger partial charge is 0.397 e. The minimum Gasteiger partial charge on any atom is -0.435 e. The predicted molar refractivity (Wildman–Crippen MR) is 121 cm³/mol. The van der Waals surface area contributed by atoms with Gasteiger partial charge in [0.15, 0.2) is 31.1 Å². The molecule has 3 aliphatic rings. The van der Waals surface area contributed by atoms with Crippen molar-refractivity contribution in [2.45, 2.75) is 106 Å². The first-order valence-electron chi connectivity index (χ1n) is 11.8. The Balaban J connectivity index is 1.85. The Hall–Kier alpha value is -1.10. The molecule has 14 atom stereocenters. The van der Waals surface area contributed by atoms with E-state index in [-0.39, 0.29) is 12.6 Å². The molecule has 3 saturated heterocycles. The lowest BCUT2D eigenvalue weighted by Gasteiger charge is -2.47. The minimum absolute atomic E-state index is 0.000299. The molecule has 0 bridgehead atoms. The zero-order valence-corrected chi connectivity index (χ0v) is 22.0. The maximum absolute atomic E-state index is 11.6. The van der Waals surface area contributed by atoms with E-state index in [1.807, 2.05) is 0 Å². The van der Waals surface area contributed by atoms with E-state index in [0.717, 1.165) is 0 Å². The molecule has 0 aromatic heterocycles. The quantitative estimate of drug-likeness (QED) is 0.126. The van der Waals surface area contributed by atoms with E-state index in [1.54, 1.807) is 6.92 Å². The van der Waals surface area contributed by atoms with Gasteiger partial charge in [-0.05, 0) is 20.3 Å². The van der Waals surface area contributed by atoms with Crippen LogP contribution < -0.4 is 11.5 Å². The van der Waals surface area contributed by atoms with E-state index in [1.165, 1.54) is 21.1 Å². The molecule has 3 heterocycles. The highest BCUT2D eigenvalue weighted by atomic mass is 32.3. The molecule has 0 aromatic rings. The molecular weight excluding hydrogens is 540 g/mol.